The van der Waals surface area contributed by atoms with Crippen LogP contribution in [0.25, 0.3) is 0 Å². The molecule has 6 heteroatoms. The molecular formula is C62H108O6. The summed E-state index contributed by atoms with van der Waals surface area (Å²) in [5, 5.41) is 0. The van der Waals surface area contributed by atoms with Crippen molar-refractivity contribution in [3.05, 3.63) is 72.9 Å². The van der Waals surface area contributed by atoms with Gasteiger partial charge in [0.15, 0.2) is 6.10 Å². The summed E-state index contributed by atoms with van der Waals surface area (Å²) in [6.07, 6.45) is 71.7. The Morgan fingerprint density at radius 1 is 0.309 bits per heavy atom. The lowest BCUT2D eigenvalue weighted by Crippen LogP contribution is -2.30. The van der Waals surface area contributed by atoms with Crippen molar-refractivity contribution in [2.24, 2.45) is 0 Å². The zero-order chi connectivity index (χ0) is 49.3. The van der Waals surface area contributed by atoms with Crippen molar-refractivity contribution in [2.45, 2.75) is 290 Å². The van der Waals surface area contributed by atoms with Gasteiger partial charge in [-0.05, 0) is 89.9 Å². The molecule has 0 fully saturated rings. The lowest BCUT2D eigenvalue weighted by Gasteiger charge is -2.18. The summed E-state index contributed by atoms with van der Waals surface area (Å²) >= 11 is 0. The molecule has 6 nitrogen and oxygen atoms in total. The predicted molar refractivity (Wildman–Crippen MR) is 293 cm³/mol. The van der Waals surface area contributed by atoms with E-state index in [1.54, 1.807) is 0 Å². The van der Waals surface area contributed by atoms with Gasteiger partial charge in [-0.25, -0.2) is 0 Å². The van der Waals surface area contributed by atoms with Crippen LogP contribution in [0, 0.1) is 0 Å². The van der Waals surface area contributed by atoms with Crippen LogP contribution in [0.15, 0.2) is 72.9 Å². The number of carbonyl (C=O) groups is 3. The first-order valence-electron chi connectivity index (χ1n) is 28.9. The Labute approximate surface area is 421 Å². The van der Waals surface area contributed by atoms with Crippen molar-refractivity contribution < 1.29 is 28.6 Å². The molecule has 0 aromatic heterocycles. The molecule has 0 amide bonds. The highest BCUT2D eigenvalue weighted by Crippen LogP contribution is 2.16. The highest BCUT2D eigenvalue weighted by atomic mass is 16.6. The molecule has 0 aliphatic rings. The summed E-state index contributed by atoms with van der Waals surface area (Å²) in [4.78, 5) is 38.1. The van der Waals surface area contributed by atoms with Crippen LogP contribution in [0.4, 0.5) is 0 Å². The molecule has 0 rings (SSSR count). The second kappa shape index (κ2) is 56.4. The third-order valence-electron chi connectivity index (χ3n) is 12.4. The standard InChI is InChI=1S/C62H108O6/c1-4-7-10-13-16-19-22-25-27-29-30-31-32-33-35-37-40-43-46-49-52-55-61(64)67-58-59(57-66-60(63)54-51-48-45-42-39-36-24-21-18-15-12-9-6-3)68-62(65)56-53-50-47-44-41-38-34-28-26-23-20-17-14-11-8-5-2/h7,10,16,19,21,24-25,27,30-31,33,35,59H,4-6,8-9,11-15,17-18,20,22-23,26,28-29,32,34,36-58H2,1-3H3/b10-7-,19-16-,24-21-,27-25-,31-30-,35-33-. The SMILES string of the molecule is CC/C=C\C/C=C\C/C=C\C/C=C\C/C=C\CCCCCCCC(=O)OCC(COC(=O)CCCCCCC/C=C\CCCCCC)OC(=O)CCCCCCCCCCCCCCCCCC. The smallest absolute Gasteiger partial charge is 0.306 e. The minimum Gasteiger partial charge on any atom is -0.462 e. The van der Waals surface area contributed by atoms with E-state index in [1.165, 1.54) is 128 Å². The van der Waals surface area contributed by atoms with Crippen LogP contribution in [-0.4, -0.2) is 37.2 Å². The van der Waals surface area contributed by atoms with E-state index in [-0.39, 0.29) is 31.1 Å². The maximum atomic E-state index is 12.9. The molecule has 0 aliphatic carbocycles. The van der Waals surface area contributed by atoms with Gasteiger partial charge >= 0.3 is 17.9 Å². The lowest BCUT2D eigenvalue weighted by molar-refractivity contribution is -0.167. The molecule has 0 spiro atoms. The highest BCUT2D eigenvalue weighted by Gasteiger charge is 2.19. The van der Waals surface area contributed by atoms with E-state index >= 15 is 0 Å². The first kappa shape index (κ1) is 64.8. The fourth-order valence-electron chi connectivity index (χ4n) is 8.11. The van der Waals surface area contributed by atoms with Gasteiger partial charge in [0, 0.05) is 19.3 Å². The average molecular weight is 950 g/mol. The number of carbonyl (C=O) groups excluding carboxylic acids is 3. The third-order valence-corrected chi connectivity index (χ3v) is 12.4. The monoisotopic (exact) mass is 949 g/mol. The van der Waals surface area contributed by atoms with Gasteiger partial charge in [-0.1, -0.05) is 248 Å². The van der Waals surface area contributed by atoms with E-state index in [2.05, 4.69) is 93.7 Å². The van der Waals surface area contributed by atoms with E-state index < -0.39 is 6.10 Å². The van der Waals surface area contributed by atoms with Crippen LogP contribution < -0.4 is 0 Å². The van der Waals surface area contributed by atoms with Gasteiger partial charge in [0.1, 0.15) is 13.2 Å². The minimum atomic E-state index is -0.785. The molecule has 0 aromatic carbocycles. The summed E-state index contributed by atoms with van der Waals surface area (Å²) in [5.41, 5.74) is 0. The normalized spacial score (nSPS) is 12.6. The van der Waals surface area contributed by atoms with E-state index in [4.69, 9.17) is 14.2 Å². The maximum Gasteiger partial charge on any atom is 0.306 e. The van der Waals surface area contributed by atoms with Gasteiger partial charge in [-0.15, -0.1) is 0 Å². The van der Waals surface area contributed by atoms with Gasteiger partial charge in [0.2, 0.25) is 0 Å². The van der Waals surface area contributed by atoms with Crippen molar-refractivity contribution in [3.8, 4) is 0 Å². The zero-order valence-electron chi connectivity index (χ0n) is 44.9. The molecule has 1 unspecified atom stereocenters. The molecule has 0 N–H and O–H groups in total. The van der Waals surface area contributed by atoms with Crippen LogP contribution in [0.5, 0.6) is 0 Å². The van der Waals surface area contributed by atoms with Crippen LogP contribution in [0.3, 0.4) is 0 Å². The number of hydrogen-bond acceptors (Lipinski definition) is 6. The largest absolute Gasteiger partial charge is 0.462 e. The first-order valence-corrected chi connectivity index (χ1v) is 28.9. The summed E-state index contributed by atoms with van der Waals surface area (Å²) in [7, 11) is 0. The summed E-state index contributed by atoms with van der Waals surface area (Å²) < 4.78 is 16.9. The quantitative estimate of drug-likeness (QED) is 0.0262. The summed E-state index contributed by atoms with van der Waals surface area (Å²) in [6.45, 7) is 6.51. The van der Waals surface area contributed by atoms with Crippen molar-refractivity contribution in [2.75, 3.05) is 13.2 Å². The Hall–Kier alpha value is -3.15. The van der Waals surface area contributed by atoms with Gasteiger partial charge in [0.25, 0.3) is 0 Å². The fraction of sp³-hybridized carbons (Fsp3) is 0.758. The number of unbranched alkanes of at least 4 members (excludes halogenated alkanes) is 29. The number of rotatable bonds is 52. The van der Waals surface area contributed by atoms with E-state index in [9.17, 15) is 14.4 Å². The van der Waals surface area contributed by atoms with Gasteiger partial charge in [-0.3, -0.25) is 14.4 Å². The van der Waals surface area contributed by atoms with Crippen molar-refractivity contribution in [1.29, 1.82) is 0 Å². The predicted octanol–water partition coefficient (Wildman–Crippen LogP) is 19.4. The first-order chi connectivity index (χ1) is 33.5. The summed E-state index contributed by atoms with van der Waals surface area (Å²) in [5.74, 6) is -0.901. The van der Waals surface area contributed by atoms with Crippen LogP contribution in [0.1, 0.15) is 284 Å². The molecule has 0 saturated heterocycles. The van der Waals surface area contributed by atoms with E-state index in [0.717, 1.165) is 116 Å². The Kier molecular flexibility index (Phi) is 53.8. The Bertz CT molecular complexity index is 1270. The van der Waals surface area contributed by atoms with Crippen molar-refractivity contribution in [1.82, 2.24) is 0 Å². The lowest BCUT2D eigenvalue weighted by atomic mass is 10.0. The molecule has 68 heavy (non-hydrogen) atoms. The highest BCUT2D eigenvalue weighted by molar-refractivity contribution is 5.71. The average Bonchev–Trinajstić information content (AvgIpc) is 3.34. The zero-order valence-corrected chi connectivity index (χ0v) is 44.9. The second-order valence-electron chi connectivity index (χ2n) is 19.2. The molecule has 1 atom stereocenters. The Balaban J connectivity index is 4.39. The minimum absolute atomic E-state index is 0.0838. The molecule has 0 aromatic rings. The molecule has 0 aliphatic heterocycles. The van der Waals surface area contributed by atoms with Gasteiger partial charge in [0.05, 0.1) is 0 Å². The number of esters is 3. The number of hydrogen-bond donors (Lipinski definition) is 0. The van der Waals surface area contributed by atoms with Crippen molar-refractivity contribution >= 4 is 17.9 Å². The van der Waals surface area contributed by atoms with Crippen LogP contribution in [0.2, 0.25) is 0 Å². The van der Waals surface area contributed by atoms with E-state index in [1.807, 2.05) is 0 Å². The fourth-order valence-corrected chi connectivity index (χ4v) is 8.11. The van der Waals surface area contributed by atoms with Crippen molar-refractivity contribution in [3.63, 3.8) is 0 Å². The Morgan fingerprint density at radius 3 is 0.926 bits per heavy atom. The molecule has 0 heterocycles. The van der Waals surface area contributed by atoms with Crippen LogP contribution in [-0.2, 0) is 28.6 Å². The topological polar surface area (TPSA) is 78.9 Å². The summed E-state index contributed by atoms with van der Waals surface area (Å²) in [6, 6.07) is 0. The molecule has 392 valence electrons. The molecular weight excluding hydrogens is 841 g/mol. The van der Waals surface area contributed by atoms with E-state index in [0.29, 0.717) is 19.3 Å². The molecule has 0 saturated carbocycles. The Morgan fingerprint density at radius 2 is 0.574 bits per heavy atom. The molecule has 0 radical (unpaired) electrons. The maximum absolute atomic E-state index is 12.9. The third kappa shape index (κ3) is 53.8. The number of allylic oxidation sites excluding steroid dienone is 12. The van der Waals surface area contributed by atoms with Crippen LogP contribution >= 0.6 is 0 Å². The van der Waals surface area contributed by atoms with Gasteiger partial charge in [-0.2, -0.15) is 0 Å². The van der Waals surface area contributed by atoms with Gasteiger partial charge < -0.3 is 14.2 Å². The molecule has 0 bridgehead atoms. The number of ether oxygens (including phenoxy) is 3. The second-order valence-corrected chi connectivity index (χ2v) is 19.2.